The lowest BCUT2D eigenvalue weighted by Gasteiger charge is -2.20. The lowest BCUT2D eigenvalue weighted by Crippen LogP contribution is -2.14. The highest BCUT2D eigenvalue weighted by molar-refractivity contribution is 5.35. The van der Waals surface area contributed by atoms with E-state index in [1.807, 2.05) is 6.92 Å². The summed E-state index contributed by atoms with van der Waals surface area (Å²) in [4.78, 5) is 0. The minimum Gasteiger partial charge on any atom is -0.498 e. The van der Waals surface area contributed by atoms with Crippen molar-refractivity contribution in [1.82, 2.24) is 0 Å². The summed E-state index contributed by atoms with van der Waals surface area (Å²) in [5.41, 5.74) is 0.928. The van der Waals surface area contributed by atoms with Crippen LogP contribution >= 0.6 is 0 Å². The first-order chi connectivity index (χ1) is 9.61. The third-order valence-corrected chi connectivity index (χ3v) is 3.06. The molecule has 3 nitrogen and oxygen atoms in total. The van der Waals surface area contributed by atoms with Gasteiger partial charge in [0.15, 0.2) is 11.5 Å². The van der Waals surface area contributed by atoms with Crippen LogP contribution in [0.5, 0.6) is 11.5 Å². The standard InChI is InChI=1S/C15H18F2O3/c1-3-18-12-6-7-13(15(17)14(12)16)20-9-11-5-4-10(2)19-8-11/h6-8,10H,3-5,9H2,1-2H3. The van der Waals surface area contributed by atoms with Gasteiger partial charge in [-0.05, 0) is 38.8 Å². The molecule has 1 aromatic carbocycles. The zero-order valence-electron chi connectivity index (χ0n) is 11.6. The van der Waals surface area contributed by atoms with Gasteiger partial charge in [0.2, 0.25) is 11.6 Å². The average molecular weight is 284 g/mol. The van der Waals surface area contributed by atoms with Crippen molar-refractivity contribution in [3.63, 3.8) is 0 Å². The molecule has 110 valence electrons. The fourth-order valence-electron chi connectivity index (χ4n) is 1.90. The molecule has 0 aliphatic carbocycles. The Bertz CT molecular complexity index is 500. The zero-order valence-corrected chi connectivity index (χ0v) is 11.6. The molecule has 0 amide bonds. The second-order valence-corrected chi connectivity index (χ2v) is 4.67. The molecule has 1 aliphatic rings. The number of rotatable bonds is 5. The fourth-order valence-corrected chi connectivity index (χ4v) is 1.90. The molecule has 1 heterocycles. The second-order valence-electron chi connectivity index (χ2n) is 4.67. The molecule has 0 saturated carbocycles. The van der Waals surface area contributed by atoms with E-state index in [0.29, 0.717) is 0 Å². The molecule has 2 rings (SSSR count). The van der Waals surface area contributed by atoms with Crippen LogP contribution < -0.4 is 9.47 Å². The number of hydrogen-bond donors (Lipinski definition) is 0. The Morgan fingerprint density at radius 1 is 1.20 bits per heavy atom. The maximum absolute atomic E-state index is 13.8. The summed E-state index contributed by atoms with van der Waals surface area (Å²) in [5, 5.41) is 0. The van der Waals surface area contributed by atoms with Crippen molar-refractivity contribution in [2.24, 2.45) is 0 Å². The summed E-state index contributed by atoms with van der Waals surface area (Å²) < 4.78 is 43.1. The van der Waals surface area contributed by atoms with Crippen LogP contribution in [0.3, 0.4) is 0 Å². The Morgan fingerprint density at radius 3 is 2.40 bits per heavy atom. The summed E-state index contributed by atoms with van der Waals surface area (Å²) in [6.45, 7) is 4.16. The molecule has 0 aromatic heterocycles. The van der Waals surface area contributed by atoms with Gasteiger partial charge >= 0.3 is 0 Å². The third-order valence-electron chi connectivity index (χ3n) is 3.06. The Morgan fingerprint density at radius 2 is 1.85 bits per heavy atom. The Balaban J connectivity index is 2.01. The molecule has 1 aliphatic heterocycles. The minimum absolute atomic E-state index is 0.105. The number of ether oxygens (including phenoxy) is 3. The van der Waals surface area contributed by atoms with Gasteiger partial charge in [0.1, 0.15) is 6.61 Å². The summed E-state index contributed by atoms with van der Waals surface area (Å²) in [5.74, 6) is -2.27. The van der Waals surface area contributed by atoms with Crippen molar-refractivity contribution < 1.29 is 23.0 Å². The zero-order chi connectivity index (χ0) is 14.5. The predicted octanol–water partition coefficient (Wildman–Crippen LogP) is 3.83. The van der Waals surface area contributed by atoms with E-state index >= 15 is 0 Å². The van der Waals surface area contributed by atoms with E-state index in [-0.39, 0.29) is 30.8 Å². The molecule has 0 N–H and O–H groups in total. The summed E-state index contributed by atoms with van der Waals surface area (Å²) in [6.07, 6.45) is 3.56. The molecular formula is C15H18F2O3. The topological polar surface area (TPSA) is 27.7 Å². The van der Waals surface area contributed by atoms with Gasteiger partial charge in [0.05, 0.1) is 19.0 Å². The second kappa shape index (κ2) is 6.59. The van der Waals surface area contributed by atoms with Crippen LogP contribution in [0.4, 0.5) is 8.78 Å². The Kier molecular flexibility index (Phi) is 4.82. The molecule has 0 spiro atoms. The molecule has 0 fully saturated rings. The van der Waals surface area contributed by atoms with Gasteiger partial charge in [-0.15, -0.1) is 0 Å². The Hall–Kier alpha value is -1.78. The van der Waals surface area contributed by atoms with Gasteiger partial charge in [-0.1, -0.05) is 0 Å². The van der Waals surface area contributed by atoms with Crippen molar-refractivity contribution in [2.45, 2.75) is 32.8 Å². The van der Waals surface area contributed by atoms with E-state index in [1.54, 1.807) is 13.2 Å². The van der Waals surface area contributed by atoms with Crippen LogP contribution in [0.25, 0.3) is 0 Å². The highest BCUT2D eigenvalue weighted by atomic mass is 19.2. The third kappa shape index (κ3) is 3.40. The van der Waals surface area contributed by atoms with Crippen LogP contribution in [0.15, 0.2) is 24.0 Å². The van der Waals surface area contributed by atoms with E-state index in [1.165, 1.54) is 12.1 Å². The van der Waals surface area contributed by atoms with E-state index in [9.17, 15) is 8.78 Å². The predicted molar refractivity (Wildman–Crippen MR) is 70.9 cm³/mol. The lowest BCUT2D eigenvalue weighted by molar-refractivity contribution is 0.130. The molecule has 0 saturated heterocycles. The normalized spacial score (nSPS) is 18.2. The van der Waals surface area contributed by atoms with Gasteiger partial charge in [0, 0.05) is 5.57 Å². The van der Waals surface area contributed by atoms with Crippen molar-refractivity contribution in [1.29, 1.82) is 0 Å². The molecule has 1 atom stereocenters. The number of benzene rings is 1. The monoisotopic (exact) mass is 284 g/mol. The van der Waals surface area contributed by atoms with Crippen LogP contribution in [0, 0.1) is 11.6 Å². The molecular weight excluding hydrogens is 266 g/mol. The van der Waals surface area contributed by atoms with Gasteiger partial charge in [-0.3, -0.25) is 0 Å². The van der Waals surface area contributed by atoms with E-state index in [4.69, 9.17) is 14.2 Å². The SMILES string of the molecule is CCOc1ccc(OCC2=COC(C)CC2)c(F)c1F. The van der Waals surface area contributed by atoms with E-state index in [0.717, 1.165) is 18.4 Å². The number of halogens is 2. The molecule has 1 aromatic rings. The minimum atomic E-state index is -1.03. The average Bonchev–Trinajstić information content (AvgIpc) is 2.45. The van der Waals surface area contributed by atoms with Gasteiger partial charge in [-0.25, -0.2) is 0 Å². The summed E-state index contributed by atoms with van der Waals surface area (Å²) in [7, 11) is 0. The maximum Gasteiger partial charge on any atom is 0.204 e. The Labute approximate surface area is 117 Å². The van der Waals surface area contributed by atoms with Gasteiger partial charge in [-0.2, -0.15) is 8.78 Å². The highest BCUT2D eigenvalue weighted by Gasteiger charge is 2.17. The highest BCUT2D eigenvalue weighted by Crippen LogP contribution is 2.28. The van der Waals surface area contributed by atoms with Crippen LogP contribution in [-0.4, -0.2) is 19.3 Å². The molecule has 0 bridgehead atoms. The van der Waals surface area contributed by atoms with Crippen LogP contribution in [0.1, 0.15) is 26.7 Å². The smallest absolute Gasteiger partial charge is 0.204 e. The maximum atomic E-state index is 13.8. The molecule has 1 unspecified atom stereocenters. The summed E-state index contributed by atoms with van der Waals surface area (Å²) in [6, 6.07) is 2.74. The number of hydrogen-bond acceptors (Lipinski definition) is 3. The largest absolute Gasteiger partial charge is 0.498 e. The molecule has 20 heavy (non-hydrogen) atoms. The van der Waals surface area contributed by atoms with E-state index in [2.05, 4.69) is 0 Å². The quantitative estimate of drug-likeness (QED) is 0.822. The molecule has 5 heteroatoms. The van der Waals surface area contributed by atoms with Crippen molar-refractivity contribution >= 4 is 0 Å². The first-order valence-electron chi connectivity index (χ1n) is 6.68. The lowest BCUT2D eigenvalue weighted by atomic mass is 10.1. The van der Waals surface area contributed by atoms with Crippen molar-refractivity contribution in [2.75, 3.05) is 13.2 Å². The van der Waals surface area contributed by atoms with Crippen LogP contribution in [0.2, 0.25) is 0 Å². The first-order valence-corrected chi connectivity index (χ1v) is 6.68. The van der Waals surface area contributed by atoms with Gasteiger partial charge in [0.25, 0.3) is 0 Å². The fraction of sp³-hybridized carbons (Fsp3) is 0.467. The first kappa shape index (κ1) is 14.6. The molecule has 0 radical (unpaired) electrons. The summed E-state index contributed by atoms with van der Waals surface area (Å²) >= 11 is 0. The van der Waals surface area contributed by atoms with Crippen LogP contribution in [-0.2, 0) is 4.74 Å². The van der Waals surface area contributed by atoms with Gasteiger partial charge < -0.3 is 14.2 Å². The van der Waals surface area contributed by atoms with Crippen molar-refractivity contribution in [3.8, 4) is 11.5 Å². The van der Waals surface area contributed by atoms with E-state index < -0.39 is 11.6 Å². The van der Waals surface area contributed by atoms with Crippen molar-refractivity contribution in [3.05, 3.63) is 35.6 Å².